The van der Waals surface area contributed by atoms with E-state index < -0.39 is 10.8 Å². The number of halogens is 1. The molecule has 0 unspecified atom stereocenters. The molecule has 4 rings (SSSR count). The first-order valence-corrected chi connectivity index (χ1v) is 11.9. The van der Waals surface area contributed by atoms with Crippen LogP contribution >= 0.6 is 11.3 Å². The van der Waals surface area contributed by atoms with E-state index in [4.69, 9.17) is 9.47 Å². The number of ether oxygens (including phenoxy) is 2. The minimum absolute atomic E-state index is 0.0374. The van der Waals surface area contributed by atoms with Crippen molar-refractivity contribution < 1.29 is 23.6 Å². The average Bonchev–Trinajstić information content (AvgIpc) is 3.32. The molecule has 0 radical (unpaired) electrons. The highest BCUT2D eigenvalue weighted by Gasteiger charge is 2.15. The van der Waals surface area contributed by atoms with E-state index in [1.165, 1.54) is 48.9 Å². The zero-order valence-corrected chi connectivity index (χ0v) is 20.6. The Morgan fingerprint density at radius 3 is 2.68 bits per heavy atom. The maximum Gasteiger partial charge on any atom is 0.281 e. The Labute approximate surface area is 215 Å². The van der Waals surface area contributed by atoms with E-state index in [1.54, 1.807) is 36.4 Å². The van der Waals surface area contributed by atoms with Crippen molar-refractivity contribution in [2.75, 3.05) is 7.11 Å². The zero-order valence-electron chi connectivity index (χ0n) is 19.8. The quantitative estimate of drug-likeness (QED) is 0.119. The van der Waals surface area contributed by atoms with Crippen molar-refractivity contribution in [3.8, 4) is 11.5 Å². The zero-order chi connectivity index (χ0) is 26.4. The van der Waals surface area contributed by atoms with Crippen molar-refractivity contribution in [2.45, 2.75) is 13.0 Å². The molecule has 0 aliphatic heterocycles. The number of non-ortho nitro benzene ring substituents is 1. The number of allylic oxidation sites excluding steroid dienone is 1. The number of hydrazone groups is 1. The number of carbonyl (C=O) groups excluding carboxylic acids is 1. The lowest BCUT2D eigenvalue weighted by molar-refractivity contribution is -0.384. The summed E-state index contributed by atoms with van der Waals surface area (Å²) in [6, 6.07) is 15.7. The Morgan fingerprint density at radius 2 is 1.97 bits per heavy atom. The molecule has 3 aromatic carbocycles. The summed E-state index contributed by atoms with van der Waals surface area (Å²) in [4.78, 5) is 23.5. The first-order chi connectivity index (χ1) is 17.9. The summed E-state index contributed by atoms with van der Waals surface area (Å²) in [5.74, 6) is 0.256. The minimum Gasteiger partial charge on any atom is -0.493 e. The van der Waals surface area contributed by atoms with Gasteiger partial charge in [0.2, 0.25) is 0 Å². The van der Waals surface area contributed by atoms with Crippen LogP contribution in [-0.2, 0) is 13.0 Å². The van der Waals surface area contributed by atoms with Gasteiger partial charge in [-0.25, -0.2) is 9.82 Å². The average molecular weight is 520 g/mol. The van der Waals surface area contributed by atoms with Gasteiger partial charge in [-0.1, -0.05) is 18.2 Å². The van der Waals surface area contributed by atoms with Crippen LogP contribution in [0.4, 0.5) is 10.1 Å². The van der Waals surface area contributed by atoms with Crippen LogP contribution in [0.1, 0.15) is 26.4 Å². The second-order valence-electron chi connectivity index (χ2n) is 7.91. The third-order valence-electron chi connectivity index (χ3n) is 5.35. The predicted octanol–water partition coefficient (Wildman–Crippen LogP) is 6.03. The lowest BCUT2D eigenvalue weighted by atomic mass is 10.1. The van der Waals surface area contributed by atoms with Crippen molar-refractivity contribution in [1.82, 2.24) is 5.43 Å². The number of hydrogen-bond donors (Lipinski definition) is 1. The molecule has 0 aliphatic rings. The van der Waals surface area contributed by atoms with Gasteiger partial charge in [-0.3, -0.25) is 14.9 Å². The summed E-state index contributed by atoms with van der Waals surface area (Å²) in [7, 11) is 1.52. The monoisotopic (exact) mass is 519 g/mol. The van der Waals surface area contributed by atoms with E-state index >= 15 is 0 Å². The highest BCUT2D eigenvalue weighted by molar-refractivity contribution is 7.20. The number of rotatable bonds is 10. The minimum atomic E-state index is -0.477. The third kappa shape index (κ3) is 6.17. The Morgan fingerprint density at radius 1 is 1.19 bits per heavy atom. The van der Waals surface area contributed by atoms with Crippen molar-refractivity contribution in [2.24, 2.45) is 5.10 Å². The van der Waals surface area contributed by atoms with E-state index in [1.807, 2.05) is 6.07 Å². The van der Waals surface area contributed by atoms with Gasteiger partial charge in [0.1, 0.15) is 12.4 Å². The van der Waals surface area contributed by atoms with E-state index in [2.05, 4.69) is 17.1 Å². The summed E-state index contributed by atoms with van der Waals surface area (Å²) < 4.78 is 25.5. The fourth-order valence-electron chi connectivity index (χ4n) is 3.59. The van der Waals surface area contributed by atoms with Gasteiger partial charge in [0.25, 0.3) is 11.6 Å². The summed E-state index contributed by atoms with van der Waals surface area (Å²) in [6.45, 7) is 4.02. The van der Waals surface area contributed by atoms with Gasteiger partial charge in [-0.15, -0.1) is 17.9 Å². The number of thiophene rings is 1. The molecule has 0 aliphatic carbocycles. The molecule has 4 aromatic rings. The standard InChI is InChI=1S/C27H22FN3O5S/c1-3-4-19-11-18(12-23(35-2)26(19)36-16-17-5-7-21(28)8-6-17)15-29-30-27(32)25-14-20-13-22(31(33)34)9-10-24(20)37-25/h3,5-15H,1,4,16H2,2H3,(H,30,32)/b29-15-. The van der Waals surface area contributed by atoms with Gasteiger partial charge in [0.05, 0.1) is 23.1 Å². The van der Waals surface area contributed by atoms with Crippen LogP contribution in [0.2, 0.25) is 0 Å². The van der Waals surface area contributed by atoms with Gasteiger partial charge >= 0.3 is 0 Å². The fraction of sp³-hybridized carbons (Fsp3) is 0.111. The number of nitro groups is 1. The Bertz CT molecular complexity index is 1500. The van der Waals surface area contributed by atoms with E-state index in [-0.39, 0.29) is 18.1 Å². The van der Waals surface area contributed by atoms with Crippen molar-refractivity contribution >= 4 is 39.2 Å². The van der Waals surface area contributed by atoms with Gasteiger partial charge in [-0.2, -0.15) is 5.10 Å². The number of nitrogens with zero attached hydrogens (tertiary/aromatic N) is 2. The molecule has 1 amide bonds. The van der Waals surface area contributed by atoms with Crippen LogP contribution in [0, 0.1) is 15.9 Å². The molecule has 1 heterocycles. The molecule has 0 atom stereocenters. The normalized spacial score (nSPS) is 11.0. The van der Waals surface area contributed by atoms with Crippen LogP contribution in [0.15, 0.2) is 78.4 Å². The largest absolute Gasteiger partial charge is 0.493 e. The molecular weight excluding hydrogens is 497 g/mol. The smallest absolute Gasteiger partial charge is 0.281 e. The molecule has 1 N–H and O–H groups in total. The topological polar surface area (TPSA) is 103 Å². The lowest BCUT2D eigenvalue weighted by Gasteiger charge is -2.16. The van der Waals surface area contributed by atoms with Crippen LogP contribution < -0.4 is 14.9 Å². The molecular formula is C27H22FN3O5S. The first-order valence-electron chi connectivity index (χ1n) is 11.1. The molecule has 37 heavy (non-hydrogen) atoms. The summed E-state index contributed by atoms with van der Waals surface area (Å²) in [5.41, 5.74) is 4.71. The number of fused-ring (bicyclic) bond motifs is 1. The Kier molecular flexibility index (Phi) is 7.89. The maximum atomic E-state index is 13.2. The van der Waals surface area contributed by atoms with Crippen LogP contribution in [0.3, 0.4) is 0 Å². The predicted molar refractivity (Wildman–Crippen MR) is 141 cm³/mol. The molecule has 0 saturated heterocycles. The number of carbonyl (C=O) groups is 1. The molecule has 8 nitrogen and oxygen atoms in total. The van der Waals surface area contributed by atoms with Gasteiger partial charge < -0.3 is 9.47 Å². The maximum absolute atomic E-state index is 13.2. The molecule has 1 aromatic heterocycles. The van der Waals surface area contributed by atoms with Gasteiger partial charge in [0, 0.05) is 27.8 Å². The Hall–Kier alpha value is -4.57. The summed E-state index contributed by atoms with van der Waals surface area (Å²) in [5, 5.41) is 15.7. The number of hydrogen-bond acceptors (Lipinski definition) is 7. The number of methoxy groups -OCH3 is 1. The highest BCUT2D eigenvalue weighted by atomic mass is 32.1. The molecule has 188 valence electrons. The van der Waals surface area contributed by atoms with E-state index in [0.717, 1.165) is 15.8 Å². The van der Waals surface area contributed by atoms with Gasteiger partial charge in [0.15, 0.2) is 11.5 Å². The van der Waals surface area contributed by atoms with Crippen molar-refractivity contribution in [3.05, 3.63) is 111 Å². The summed E-state index contributed by atoms with van der Waals surface area (Å²) in [6.07, 6.45) is 3.71. The SMILES string of the molecule is C=CCc1cc(/C=N\NC(=O)c2cc3cc([N+](=O)[O-])ccc3s2)cc(OC)c1OCc1ccc(F)cc1. The number of benzene rings is 3. The van der Waals surface area contributed by atoms with Crippen LogP contribution in [0.5, 0.6) is 11.5 Å². The van der Waals surface area contributed by atoms with E-state index in [0.29, 0.717) is 33.7 Å². The molecule has 0 bridgehead atoms. The summed E-state index contributed by atoms with van der Waals surface area (Å²) >= 11 is 1.22. The molecule has 0 spiro atoms. The second-order valence-corrected chi connectivity index (χ2v) is 8.99. The molecule has 0 saturated carbocycles. The van der Waals surface area contributed by atoms with Gasteiger partial charge in [-0.05, 0) is 53.9 Å². The van der Waals surface area contributed by atoms with Crippen molar-refractivity contribution in [3.63, 3.8) is 0 Å². The number of nitro benzene ring substituents is 1. The number of nitrogens with one attached hydrogen (secondary N) is 1. The number of amides is 1. The first kappa shape index (κ1) is 25.5. The third-order valence-corrected chi connectivity index (χ3v) is 6.46. The van der Waals surface area contributed by atoms with Crippen LogP contribution in [0.25, 0.3) is 10.1 Å². The van der Waals surface area contributed by atoms with Crippen LogP contribution in [-0.4, -0.2) is 24.2 Å². The highest BCUT2D eigenvalue weighted by Crippen LogP contribution is 2.34. The van der Waals surface area contributed by atoms with E-state index in [9.17, 15) is 19.3 Å². The second kappa shape index (κ2) is 11.4. The fourth-order valence-corrected chi connectivity index (χ4v) is 4.53. The molecule has 0 fully saturated rings. The molecule has 10 heteroatoms. The van der Waals surface area contributed by atoms with Crippen molar-refractivity contribution in [1.29, 1.82) is 0 Å². The lowest BCUT2D eigenvalue weighted by Crippen LogP contribution is -2.16. The Balaban J connectivity index is 1.49.